The van der Waals surface area contributed by atoms with Crippen molar-refractivity contribution in [2.45, 2.75) is 24.3 Å². The van der Waals surface area contributed by atoms with Gasteiger partial charge in [-0.3, -0.25) is 0 Å². The van der Waals surface area contributed by atoms with Crippen LogP contribution in [0.15, 0.2) is 45.9 Å². The Hall–Kier alpha value is -1.15. The maximum Gasteiger partial charge on any atom is 0.243 e. The first-order chi connectivity index (χ1) is 11.4. The zero-order valence-corrected chi connectivity index (χ0v) is 16.1. The summed E-state index contributed by atoms with van der Waals surface area (Å²) in [6.45, 7) is 2.41. The average molecular weight is 432 g/mol. The molecular formula is C16H16BrClN2O3S. The summed E-state index contributed by atoms with van der Waals surface area (Å²) in [6.07, 6.45) is 2.02. The largest absolute Gasteiger partial charge is 0.472 e. The minimum atomic E-state index is -3.59. The van der Waals surface area contributed by atoms with Crippen molar-refractivity contribution >= 4 is 37.6 Å². The summed E-state index contributed by atoms with van der Waals surface area (Å²) in [5.41, 5.74) is 0.566. The predicted octanol–water partition coefficient (Wildman–Crippen LogP) is 3.65. The fourth-order valence-electron chi connectivity index (χ4n) is 2.63. The van der Waals surface area contributed by atoms with Gasteiger partial charge in [0.25, 0.3) is 0 Å². The molecule has 1 aromatic heterocycles. The summed E-state index contributed by atoms with van der Waals surface area (Å²) in [7, 11) is -3.59. The molecule has 1 saturated heterocycles. The van der Waals surface area contributed by atoms with Crippen LogP contribution in [0.2, 0.25) is 5.02 Å². The van der Waals surface area contributed by atoms with E-state index >= 15 is 0 Å². The Kier molecular flexibility index (Phi) is 5.15. The monoisotopic (exact) mass is 430 g/mol. The van der Waals surface area contributed by atoms with Crippen molar-refractivity contribution in [1.29, 1.82) is 0 Å². The zero-order chi connectivity index (χ0) is 17.3. The second kappa shape index (κ2) is 7.00. The third-order valence-electron chi connectivity index (χ3n) is 3.95. The first kappa shape index (κ1) is 17.7. The van der Waals surface area contributed by atoms with Gasteiger partial charge in [0.15, 0.2) is 0 Å². The normalized spacial score (nSPS) is 18.7. The Morgan fingerprint density at radius 1 is 1.33 bits per heavy atom. The minimum absolute atomic E-state index is 0.231. The van der Waals surface area contributed by atoms with Crippen molar-refractivity contribution in [3.8, 4) is 5.88 Å². The molecule has 1 aliphatic heterocycles. The van der Waals surface area contributed by atoms with E-state index in [0.717, 1.165) is 4.47 Å². The van der Waals surface area contributed by atoms with E-state index in [1.807, 2.05) is 6.07 Å². The maximum atomic E-state index is 12.9. The molecule has 1 atom stereocenters. The first-order valence-corrected chi connectivity index (χ1v) is 10.0. The van der Waals surface area contributed by atoms with Crippen LogP contribution in [0.1, 0.15) is 12.0 Å². The van der Waals surface area contributed by atoms with E-state index in [4.69, 9.17) is 16.3 Å². The lowest BCUT2D eigenvalue weighted by Gasteiger charge is -2.19. The predicted molar refractivity (Wildman–Crippen MR) is 95.9 cm³/mol. The Labute approximate surface area is 154 Å². The van der Waals surface area contributed by atoms with E-state index in [2.05, 4.69) is 20.9 Å². The standard InChI is InChI=1S/C16H16BrClN2O3S/c1-11-14(18)5-2-6-15(11)24(21,22)20-9-7-12(10-20)23-16-13(17)4-3-8-19-16/h2-6,8,12H,7,9-10H2,1H3/t12-/m1/s1. The van der Waals surface area contributed by atoms with Crippen molar-refractivity contribution in [2.24, 2.45) is 0 Å². The lowest BCUT2D eigenvalue weighted by molar-refractivity contribution is 0.205. The molecule has 1 aromatic carbocycles. The van der Waals surface area contributed by atoms with Gasteiger partial charge in [0.1, 0.15) is 6.10 Å². The Morgan fingerprint density at radius 3 is 2.88 bits per heavy atom. The van der Waals surface area contributed by atoms with Crippen LogP contribution in [-0.4, -0.2) is 36.9 Å². The summed E-state index contributed by atoms with van der Waals surface area (Å²) in [6, 6.07) is 8.55. The van der Waals surface area contributed by atoms with E-state index in [1.54, 1.807) is 37.4 Å². The molecule has 0 radical (unpaired) electrons. The smallest absolute Gasteiger partial charge is 0.243 e. The van der Waals surface area contributed by atoms with Crippen LogP contribution in [0.4, 0.5) is 0 Å². The number of hydrogen-bond donors (Lipinski definition) is 0. The third-order valence-corrected chi connectivity index (χ3v) is 6.97. The average Bonchev–Trinajstić information content (AvgIpc) is 3.01. The number of sulfonamides is 1. The Bertz CT molecular complexity index is 860. The fraction of sp³-hybridized carbons (Fsp3) is 0.312. The third kappa shape index (κ3) is 3.44. The fourth-order valence-corrected chi connectivity index (χ4v) is 4.95. The summed E-state index contributed by atoms with van der Waals surface area (Å²) in [5, 5.41) is 0.445. The van der Waals surface area contributed by atoms with Crippen molar-refractivity contribution < 1.29 is 13.2 Å². The summed E-state index contributed by atoms with van der Waals surface area (Å²) >= 11 is 9.44. The number of aromatic nitrogens is 1. The second-order valence-electron chi connectivity index (χ2n) is 5.54. The van der Waals surface area contributed by atoms with Gasteiger partial charge in [-0.25, -0.2) is 13.4 Å². The maximum absolute atomic E-state index is 12.9. The van der Waals surface area contributed by atoms with Gasteiger partial charge in [-0.15, -0.1) is 0 Å². The van der Waals surface area contributed by atoms with Crippen molar-refractivity contribution in [3.05, 3.63) is 51.6 Å². The number of halogens is 2. The summed E-state index contributed by atoms with van der Waals surface area (Å²) in [4.78, 5) is 4.40. The topological polar surface area (TPSA) is 59.5 Å². The highest BCUT2D eigenvalue weighted by atomic mass is 79.9. The van der Waals surface area contributed by atoms with Gasteiger partial charge in [0, 0.05) is 17.8 Å². The molecule has 0 N–H and O–H groups in total. The summed E-state index contributed by atoms with van der Waals surface area (Å²) < 4.78 is 33.7. The Balaban J connectivity index is 1.77. The van der Waals surface area contributed by atoms with Crippen LogP contribution in [0, 0.1) is 6.92 Å². The highest BCUT2D eigenvalue weighted by molar-refractivity contribution is 9.10. The van der Waals surface area contributed by atoms with Gasteiger partial charge in [-0.2, -0.15) is 4.31 Å². The van der Waals surface area contributed by atoms with Gasteiger partial charge in [0.05, 0.1) is 15.9 Å². The molecule has 1 fully saturated rings. The number of ether oxygens (including phenoxy) is 1. The van der Waals surface area contributed by atoms with E-state index in [-0.39, 0.29) is 17.5 Å². The molecule has 0 amide bonds. The van der Waals surface area contributed by atoms with E-state index in [0.29, 0.717) is 29.4 Å². The number of nitrogens with zero attached hydrogens (tertiary/aromatic N) is 2. The molecule has 2 aromatic rings. The number of hydrogen-bond acceptors (Lipinski definition) is 4. The lowest BCUT2D eigenvalue weighted by atomic mass is 10.2. The molecule has 0 aliphatic carbocycles. The number of benzene rings is 1. The molecule has 8 heteroatoms. The Morgan fingerprint density at radius 2 is 2.12 bits per heavy atom. The van der Waals surface area contributed by atoms with Crippen LogP contribution in [0.25, 0.3) is 0 Å². The van der Waals surface area contributed by atoms with Crippen molar-refractivity contribution in [1.82, 2.24) is 9.29 Å². The van der Waals surface area contributed by atoms with Gasteiger partial charge in [-0.05, 0) is 59.1 Å². The van der Waals surface area contributed by atoms with Crippen LogP contribution in [0.5, 0.6) is 5.88 Å². The molecule has 0 bridgehead atoms. The molecule has 1 aliphatic rings. The van der Waals surface area contributed by atoms with Crippen molar-refractivity contribution in [3.63, 3.8) is 0 Å². The number of pyridine rings is 1. The van der Waals surface area contributed by atoms with Crippen LogP contribution < -0.4 is 4.74 Å². The first-order valence-electron chi connectivity index (χ1n) is 7.42. The molecule has 2 heterocycles. The van der Waals surface area contributed by atoms with E-state index in [1.165, 1.54) is 4.31 Å². The molecule has 24 heavy (non-hydrogen) atoms. The minimum Gasteiger partial charge on any atom is -0.472 e. The van der Waals surface area contributed by atoms with E-state index < -0.39 is 10.0 Å². The van der Waals surface area contributed by atoms with Gasteiger partial charge in [-0.1, -0.05) is 17.7 Å². The molecule has 0 unspecified atom stereocenters. The molecular weight excluding hydrogens is 416 g/mol. The molecule has 0 saturated carbocycles. The highest BCUT2D eigenvalue weighted by Gasteiger charge is 2.35. The molecule has 128 valence electrons. The SMILES string of the molecule is Cc1c(Cl)cccc1S(=O)(=O)N1CC[C@@H](Oc2ncccc2Br)C1. The van der Waals surface area contributed by atoms with Gasteiger partial charge in [0.2, 0.25) is 15.9 Å². The van der Waals surface area contributed by atoms with Gasteiger partial charge >= 0.3 is 0 Å². The quantitative estimate of drug-likeness (QED) is 0.741. The molecule has 5 nitrogen and oxygen atoms in total. The second-order valence-corrected chi connectivity index (χ2v) is 8.71. The van der Waals surface area contributed by atoms with Gasteiger partial charge < -0.3 is 4.74 Å². The molecule has 3 rings (SSSR count). The molecule has 0 spiro atoms. The lowest BCUT2D eigenvalue weighted by Crippen LogP contribution is -2.31. The van der Waals surface area contributed by atoms with Crippen LogP contribution in [0.3, 0.4) is 0 Å². The highest BCUT2D eigenvalue weighted by Crippen LogP contribution is 2.29. The number of rotatable bonds is 4. The van der Waals surface area contributed by atoms with Crippen LogP contribution in [-0.2, 0) is 10.0 Å². The zero-order valence-electron chi connectivity index (χ0n) is 12.9. The van der Waals surface area contributed by atoms with E-state index in [9.17, 15) is 8.42 Å². The van der Waals surface area contributed by atoms with Crippen molar-refractivity contribution in [2.75, 3.05) is 13.1 Å². The summed E-state index contributed by atoms with van der Waals surface area (Å²) in [5.74, 6) is 0.473. The van der Waals surface area contributed by atoms with Crippen LogP contribution >= 0.6 is 27.5 Å².